The van der Waals surface area contributed by atoms with Crippen LogP contribution in [0.4, 0.5) is 11.5 Å². The molecule has 126 valence electrons. The summed E-state index contributed by atoms with van der Waals surface area (Å²) in [4.78, 5) is 9.80. The van der Waals surface area contributed by atoms with E-state index < -0.39 is 0 Å². The molecule has 25 heavy (non-hydrogen) atoms. The molecule has 0 aliphatic rings. The van der Waals surface area contributed by atoms with E-state index in [2.05, 4.69) is 48.7 Å². The Morgan fingerprint density at radius 2 is 1.68 bits per heavy atom. The van der Waals surface area contributed by atoms with Crippen molar-refractivity contribution in [3.8, 4) is 11.1 Å². The minimum absolute atomic E-state index is 0. The summed E-state index contributed by atoms with van der Waals surface area (Å²) in [5.41, 5.74) is 3.20. The van der Waals surface area contributed by atoms with E-state index in [1.807, 2.05) is 36.4 Å². The van der Waals surface area contributed by atoms with Gasteiger partial charge in [0, 0.05) is 26.1 Å². The van der Waals surface area contributed by atoms with E-state index in [4.69, 9.17) is 11.6 Å². The number of nitrogens with one attached hydrogen (secondary N) is 1. The highest BCUT2D eigenvalue weighted by Crippen LogP contribution is 2.37. The van der Waals surface area contributed by atoms with Crippen LogP contribution in [0.2, 0.25) is 5.02 Å². The second-order valence-corrected chi connectivity index (χ2v) is 7.40. The molecule has 0 bridgehead atoms. The Morgan fingerprint density at radius 1 is 0.960 bits per heavy atom. The number of benzene rings is 2. The lowest BCUT2D eigenvalue weighted by molar-refractivity contribution is 1.23. The minimum atomic E-state index is 0. The van der Waals surface area contributed by atoms with E-state index in [1.165, 1.54) is 0 Å². The van der Waals surface area contributed by atoms with Crippen LogP contribution in [0.1, 0.15) is 0 Å². The summed E-state index contributed by atoms with van der Waals surface area (Å²) < 4.78 is 1.06. The van der Waals surface area contributed by atoms with Crippen LogP contribution in [0.5, 0.6) is 0 Å². The van der Waals surface area contributed by atoms with Crippen molar-refractivity contribution in [2.24, 2.45) is 0 Å². The van der Waals surface area contributed by atoms with Crippen molar-refractivity contribution in [3.63, 3.8) is 0 Å². The summed E-state index contributed by atoms with van der Waals surface area (Å²) in [7, 11) is 0. The highest BCUT2D eigenvalue weighted by Gasteiger charge is 2.13. The van der Waals surface area contributed by atoms with Crippen LogP contribution in [0.25, 0.3) is 21.3 Å². The van der Waals surface area contributed by atoms with Crippen LogP contribution in [0, 0.1) is 0 Å². The zero-order valence-corrected chi connectivity index (χ0v) is 16.7. The summed E-state index contributed by atoms with van der Waals surface area (Å²) in [6.45, 7) is 0. The molecular formula is C18H12BrCl2N3S. The summed E-state index contributed by atoms with van der Waals surface area (Å²) in [5, 5.41) is 7.23. The fourth-order valence-corrected chi connectivity index (χ4v) is 3.79. The molecule has 2 aromatic heterocycles. The van der Waals surface area contributed by atoms with E-state index in [-0.39, 0.29) is 12.4 Å². The average molecular weight is 453 g/mol. The van der Waals surface area contributed by atoms with Gasteiger partial charge < -0.3 is 5.32 Å². The van der Waals surface area contributed by atoms with Crippen molar-refractivity contribution in [2.45, 2.75) is 0 Å². The van der Waals surface area contributed by atoms with Gasteiger partial charge in [0.15, 0.2) is 0 Å². The molecule has 3 nitrogen and oxygen atoms in total. The number of hydrogen-bond donors (Lipinski definition) is 1. The van der Waals surface area contributed by atoms with Crippen molar-refractivity contribution in [3.05, 3.63) is 69.7 Å². The first-order valence-corrected chi connectivity index (χ1v) is 9.26. The standard InChI is InChI=1S/C18H11BrClN3S.ClH/c19-12-3-1-11(2-4-12)15-9-24-18-16(15)17(21-10-22-18)23-14-7-5-13(20)6-8-14;/h1-10H,(H,21,22,23);1H. The van der Waals surface area contributed by atoms with Crippen molar-refractivity contribution in [2.75, 3.05) is 5.32 Å². The number of thiophene rings is 1. The molecule has 0 saturated carbocycles. The zero-order chi connectivity index (χ0) is 16.5. The molecule has 0 atom stereocenters. The minimum Gasteiger partial charge on any atom is -0.340 e. The number of nitrogens with zero attached hydrogens (tertiary/aromatic N) is 2. The quantitative estimate of drug-likeness (QED) is 0.365. The molecule has 4 rings (SSSR count). The Bertz CT molecular complexity index is 1000. The third-order valence-corrected chi connectivity index (χ3v) is 5.30. The van der Waals surface area contributed by atoms with E-state index in [9.17, 15) is 0 Å². The maximum atomic E-state index is 5.95. The molecular weight excluding hydrogens is 441 g/mol. The first-order chi connectivity index (χ1) is 11.7. The topological polar surface area (TPSA) is 37.8 Å². The van der Waals surface area contributed by atoms with E-state index in [0.717, 1.165) is 37.3 Å². The number of fused-ring (bicyclic) bond motifs is 1. The van der Waals surface area contributed by atoms with Gasteiger partial charge in [-0.25, -0.2) is 9.97 Å². The number of aromatic nitrogens is 2. The van der Waals surface area contributed by atoms with Gasteiger partial charge in [0.2, 0.25) is 0 Å². The molecule has 0 aliphatic heterocycles. The third-order valence-electron chi connectivity index (χ3n) is 3.63. The summed E-state index contributed by atoms with van der Waals surface area (Å²) >= 11 is 11.0. The predicted octanol–water partition coefficient (Wildman–Crippen LogP) is 6.94. The SMILES string of the molecule is Cl.Clc1ccc(Nc2ncnc3scc(-c4ccc(Br)cc4)c23)cc1. The van der Waals surface area contributed by atoms with Gasteiger partial charge in [-0.2, -0.15) is 0 Å². The Kier molecular flexibility index (Phi) is 5.59. The van der Waals surface area contributed by atoms with Crippen LogP contribution >= 0.6 is 51.3 Å². The maximum Gasteiger partial charge on any atom is 0.143 e. The molecule has 4 aromatic rings. The molecule has 0 amide bonds. The lowest BCUT2D eigenvalue weighted by Gasteiger charge is -2.08. The highest BCUT2D eigenvalue weighted by atomic mass is 79.9. The molecule has 7 heteroatoms. The number of rotatable bonds is 3. The van der Waals surface area contributed by atoms with E-state index in [1.54, 1.807) is 17.7 Å². The zero-order valence-electron chi connectivity index (χ0n) is 12.7. The van der Waals surface area contributed by atoms with Crippen molar-refractivity contribution in [1.29, 1.82) is 0 Å². The summed E-state index contributed by atoms with van der Waals surface area (Å²) in [6.07, 6.45) is 1.59. The fraction of sp³-hybridized carbons (Fsp3) is 0. The largest absolute Gasteiger partial charge is 0.340 e. The average Bonchev–Trinajstić information content (AvgIpc) is 3.03. The second-order valence-electron chi connectivity index (χ2n) is 5.19. The normalized spacial score (nSPS) is 10.5. The van der Waals surface area contributed by atoms with Crippen molar-refractivity contribution >= 4 is 73.0 Å². The van der Waals surface area contributed by atoms with Gasteiger partial charge in [-0.1, -0.05) is 39.7 Å². The molecule has 0 spiro atoms. The van der Waals surface area contributed by atoms with Crippen LogP contribution in [0.15, 0.2) is 64.7 Å². The van der Waals surface area contributed by atoms with Gasteiger partial charge in [0.25, 0.3) is 0 Å². The van der Waals surface area contributed by atoms with E-state index in [0.29, 0.717) is 5.02 Å². The van der Waals surface area contributed by atoms with Crippen LogP contribution in [-0.4, -0.2) is 9.97 Å². The Morgan fingerprint density at radius 3 is 2.40 bits per heavy atom. The monoisotopic (exact) mass is 451 g/mol. The van der Waals surface area contributed by atoms with Crippen molar-refractivity contribution in [1.82, 2.24) is 9.97 Å². The van der Waals surface area contributed by atoms with Gasteiger partial charge in [-0.15, -0.1) is 23.7 Å². The molecule has 1 N–H and O–H groups in total. The first kappa shape index (κ1) is 18.1. The van der Waals surface area contributed by atoms with Gasteiger partial charge >= 0.3 is 0 Å². The molecule has 0 fully saturated rings. The molecule has 2 aromatic carbocycles. The van der Waals surface area contributed by atoms with Crippen LogP contribution < -0.4 is 5.32 Å². The van der Waals surface area contributed by atoms with Gasteiger partial charge in [0.1, 0.15) is 17.0 Å². The smallest absolute Gasteiger partial charge is 0.143 e. The maximum absolute atomic E-state index is 5.95. The number of anilines is 2. The van der Waals surface area contributed by atoms with Gasteiger partial charge in [0.05, 0.1) is 5.39 Å². The molecule has 0 unspecified atom stereocenters. The molecule has 0 saturated heterocycles. The molecule has 0 radical (unpaired) electrons. The second kappa shape index (κ2) is 7.70. The molecule has 2 heterocycles. The lowest BCUT2D eigenvalue weighted by Crippen LogP contribution is -1.95. The Labute approximate surface area is 168 Å². The Balaban J connectivity index is 0.00000182. The van der Waals surface area contributed by atoms with E-state index >= 15 is 0 Å². The lowest BCUT2D eigenvalue weighted by atomic mass is 10.1. The summed E-state index contributed by atoms with van der Waals surface area (Å²) in [6, 6.07) is 15.8. The highest BCUT2D eigenvalue weighted by molar-refractivity contribution is 9.10. The Hall–Kier alpha value is -1.66. The summed E-state index contributed by atoms with van der Waals surface area (Å²) in [5.74, 6) is 0.793. The van der Waals surface area contributed by atoms with Gasteiger partial charge in [-0.05, 0) is 42.0 Å². The van der Waals surface area contributed by atoms with Crippen LogP contribution in [-0.2, 0) is 0 Å². The van der Waals surface area contributed by atoms with Crippen molar-refractivity contribution < 1.29 is 0 Å². The molecule has 0 aliphatic carbocycles. The van der Waals surface area contributed by atoms with Gasteiger partial charge in [-0.3, -0.25) is 0 Å². The predicted molar refractivity (Wildman–Crippen MR) is 113 cm³/mol. The van der Waals surface area contributed by atoms with Crippen LogP contribution in [0.3, 0.4) is 0 Å². The first-order valence-electron chi connectivity index (χ1n) is 7.21. The number of halogens is 3. The third kappa shape index (κ3) is 3.80. The fourth-order valence-electron chi connectivity index (χ4n) is 2.48. The number of hydrogen-bond acceptors (Lipinski definition) is 4.